The number of hydrogen-bond acceptors (Lipinski definition) is 1. The van der Waals surface area contributed by atoms with E-state index < -0.39 is 0 Å². The highest BCUT2D eigenvalue weighted by molar-refractivity contribution is 6.04. The van der Waals surface area contributed by atoms with Crippen LogP contribution in [0.2, 0.25) is 0 Å². The molecule has 0 radical (unpaired) electrons. The van der Waals surface area contributed by atoms with Crippen LogP contribution in [0.5, 0.6) is 0 Å². The molecule has 0 heterocycles. The van der Waals surface area contributed by atoms with E-state index in [0.717, 1.165) is 16.8 Å². The minimum Gasteiger partial charge on any atom is -0.322 e. The van der Waals surface area contributed by atoms with Crippen LogP contribution in [-0.2, 0) is 0 Å². The fourth-order valence-electron chi connectivity index (χ4n) is 2.20. The summed E-state index contributed by atoms with van der Waals surface area (Å²) >= 11 is 0. The van der Waals surface area contributed by atoms with Crippen molar-refractivity contribution >= 4 is 17.7 Å². The number of allylic oxidation sites excluding steroid dienone is 1. The second-order valence-electron chi connectivity index (χ2n) is 6.00. The van der Waals surface area contributed by atoms with Gasteiger partial charge in [-0.1, -0.05) is 55.8 Å². The molecule has 2 aromatic rings. The van der Waals surface area contributed by atoms with E-state index in [4.69, 9.17) is 0 Å². The smallest absolute Gasteiger partial charge is 0.255 e. The summed E-state index contributed by atoms with van der Waals surface area (Å²) in [4.78, 5) is 12.3. The largest absolute Gasteiger partial charge is 0.322 e. The Labute approximate surface area is 132 Å². The molecular weight excluding hydrogens is 270 g/mol. The van der Waals surface area contributed by atoms with E-state index >= 15 is 0 Å². The van der Waals surface area contributed by atoms with Crippen LogP contribution in [0, 0.1) is 19.8 Å². The van der Waals surface area contributed by atoms with E-state index in [2.05, 4.69) is 37.4 Å². The van der Waals surface area contributed by atoms with Gasteiger partial charge in [-0.25, -0.2) is 0 Å². The number of carbonyl (C=O) groups is 1. The number of anilines is 1. The minimum atomic E-state index is -0.0775. The zero-order chi connectivity index (χ0) is 16.1. The summed E-state index contributed by atoms with van der Waals surface area (Å²) in [5.74, 6) is 0.443. The van der Waals surface area contributed by atoms with E-state index in [1.165, 1.54) is 5.56 Å². The molecule has 0 atom stereocenters. The van der Waals surface area contributed by atoms with E-state index in [9.17, 15) is 4.79 Å². The molecule has 2 aromatic carbocycles. The summed E-state index contributed by atoms with van der Waals surface area (Å²) in [5.41, 5.74) is 4.90. The summed E-state index contributed by atoms with van der Waals surface area (Å²) in [6, 6.07) is 13.7. The summed E-state index contributed by atoms with van der Waals surface area (Å²) in [5, 5.41) is 2.97. The molecule has 2 nitrogen and oxygen atoms in total. The first-order valence-corrected chi connectivity index (χ1v) is 7.62. The maximum Gasteiger partial charge on any atom is 0.255 e. The van der Waals surface area contributed by atoms with Crippen LogP contribution < -0.4 is 5.32 Å². The van der Waals surface area contributed by atoms with Crippen molar-refractivity contribution < 1.29 is 4.79 Å². The van der Waals surface area contributed by atoms with Gasteiger partial charge in [0.1, 0.15) is 0 Å². The molecule has 2 rings (SSSR count). The molecule has 0 bridgehead atoms. The normalized spacial score (nSPS) is 11.1. The third-order valence-electron chi connectivity index (χ3n) is 3.48. The highest BCUT2D eigenvalue weighted by Crippen LogP contribution is 2.17. The molecular formula is C20H23NO. The van der Waals surface area contributed by atoms with Crippen molar-refractivity contribution in [1.29, 1.82) is 0 Å². The average molecular weight is 293 g/mol. The Hall–Kier alpha value is -2.35. The molecule has 22 heavy (non-hydrogen) atoms. The lowest BCUT2D eigenvalue weighted by Crippen LogP contribution is -2.12. The van der Waals surface area contributed by atoms with Crippen LogP contribution in [0.3, 0.4) is 0 Å². The van der Waals surface area contributed by atoms with Gasteiger partial charge in [-0.15, -0.1) is 0 Å². The monoisotopic (exact) mass is 293 g/mol. The predicted molar refractivity (Wildman–Crippen MR) is 94.2 cm³/mol. The van der Waals surface area contributed by atoms with Crippen LogP contribution >= 0.6 is 0 Å². The van der Waals surface area contributed by atoms with Crippen LogP contribution in [0.25, 0.3) is 6.08 Å². The van der Waals surface area contributed by atoms with Gasteiger partial charge in [0.05, 0.1) is 0 Å². The molecule has 1 amide bonds. The summed E-state index contributed by atoms with van der Waals surface area (Å²) in [6.45, 7) is 8.33. The Morgan fingerprint density at radius 2 is 1.73 bits per heavy atom. The second-order valence-corrected chi connectivity index (χ2v) is 6.00. The molecule has 0 saturated carbocycles. The second kappa shape index (κ2) is 7.08. The fraction of sp³-hybridized carbons (Fsp3) is 0.250. The SMILES string of the molecule is Cc1ccc(NC(=O)c2ccc(C=CC(C)C)cc2)c(C)c1. The zero-order valence-corrected chi connectivity index (χ0v) is 13.7. The molecule has 0 fully saturated rings. The Kier molecular flexibility index (Phi) is 5.16. The Bertz CT molecular complexity index is 681. The number of benzene rings is 2. The third-order valence-corrected chi connectivity index (χ3v) is 3.48. The highest BCUT2D eigenvalue weighted by Gasteiger charge is 2.07. The molecule has 0 aliphatic heterocycles. The lowest BCUT2D eigenvalue weighted by atomic mass is 10.1. The van der Waals surface area contributed by atoms with Gasteiger partial charge in [0.25, 0.3) is 5.91 Å². The van der Waals surface area contributed by atoms with E-state index in [0.29, 0.717) is 11.5 Å². The average Bonchev–Trinajstić information content (AvgIpc) is 2.48. The van der Waals surface area contributed by atoms with Crippen LogP contribution in [0.15, 0.2) is 48.5 Å². The third kappa shape index (κ3) is 4.32. The molecule has 1 N–H and O–H groups in total. The molecule has 0 aromatic heterocycles. The Morgan fingerprint density at radius 1 is 1.05 bits per heavy atom. The summed E-state index contributed by atoms with van der Waals surface area (Å²) < 4.78 is 0. The van der Waals surface area contributed by atoms with Crippen molar-refractivity contribution in [3.8, 4) is 0 Å². The van der Waals surface area contributed by atoms with E-state index in [1.807, 2.05) is 50.2 Å². The molecule has 0 unspecified atom stereocenters. The molecule has 0 aliphatic rings. The number of carbonyl (C=O) groups excluding carboxylic acids is 1. The van der Waals surface area contributed by atoms with Crippen LogP contribution in [0.4, 0.5) is 5.69 Å². The van der Waals surface area contributed by atoms with Gasteiger partial charge in [0.2, 0.25) is 0 Å². The van der Waals surface area contributed by atoms with Gasteiger partial charge in [0.15, 0.2) is 0 Å². The summed E-state index contributed by atoms with van der Waals surface area (Å²) in [7, 11) is 0. The van der Waals surface area contributed by atoms with Crippen molar-refractivity contribution in [3.05, 3.63) is 70.8 Å². The summed E-state index contributed by atoms with van der Waals surface area (Å²) in [6.07, 6.45) is 4.22. The first kappa shape index (κ1) is 16.0. The van der Waals surface area contributed by atoms with Gasteiger partial charge in [-0.3, -0.25) is 4.79 Å². The van der Waals surface area contributed by atoms with Crippen molar-refractivity contribution in [2.24, 2.45) is 5.92 Å². The van der Waals surface area contributed by atoms with Gasteiger partial charge in [-0.2, -0.15) is 0 Å². The standard InChI is InChI=1S/C20H23NO/c1-14(2)5-7-17-8-10-18(11-9-17)20(22)21-19-12-6-15(3)13-16(19)4/h5-14H,1-4H3,(H,21,22). The Balaban J connectivity index is 2.09. The maximum absolute atomic E-state index is 12.3. The minimum absolute atomic E-state index is 0.0775. The Morgan fingerprint density at radius 3 is 2.32 bits per heavy atom. The van der Waals surface area contributed by atoms with Gasteiger partial charge in [-0.05, 0) is 49.1 Å². The van der Waals surface area contributed by atoms with Crippen molar-refractivity contribution in [2.75, 3.05) is 5.32 Å². The zero-order valence-electron chi connectivity index (χ0n) is 13.7. The van der Waals surface area contributed by atoms with Crippen molar-refractivity contribution in [2.45, 2.75) is 27.7 Å². The first-order valence-electron chi connectivity index (χ1n) is 7.62. The molecule has 0 aliphatic carbocycles. The molecule has 0 spiro atoms. The van der Waals surface area contributed by atoms with E-state index in [1.54, 1.807) is 0 Å². The number of hydrogen-bond donors (Lipinski definition) is 1. The number of rotatable bonds is 4. The van der Waals surface area contributed by atoms with Gasteiger partial charge < -0.3 is 5.32 Å². The molecule has 2 heteroatoms. The number of amides is 1. The number of aryl methyl sites for hydroxylation is 2. The van der Waals surface area contributed by atoms with Gasteiger partial charge >= 0.3 is 0 Å². The highest BCUT2D eigenvalue weighted by atomic mass is 16.1. The van der Waals surface area contributed by atoms with Crippen molar-refractivity contribution in [1.82, 2.24) is 0 Å². The van der Waals surface area contributed by atoms with E-state index in [-0.39, 0.29) is 5.91 Å². The first-order chi connectivity index (χ1) is 10.5. The van der Waals surface area contributed by atoms with Crippen LogP contribution in [0.1, 0.15) is 40.9 Å². The maximum atomic E-state index is 12.3. The lowest BCUT2D eigenvalue weighted by molar-refractivity contribution is 0.102. The predicted octanol–water partition coefficient (Wildman–Crippen LogP) is 5.22. The van der Waals surface area contributed by atoms with Gasteiger partial charge in [0, 0.05) is 11.3 Å². The molecule has 0 saturated heterocycles. The molecule has 114 valence electrons. The van der Waals surface area contributed by atoms with Crippen molar-refractivity contribution in [3.63, 3.8) is 0 Å². The topological polar surface area (TPSA) is 29.1 Å². The van der Waals surface area contributed by atoms with Crippen LogP contribution in [-0.4, -0.2) is 5.91 Å². The number of nitrogens with one attached hydrogen (secondary N) is 1. The fourth-order valence-corrected chi connectivity index (χ4v) is 2.20. The lowest BCUT2D eigenvalue weighted by Gasteiger charge is -2.09. The quantitative estimate of drug-likeness (QED) is 0.822.